The van der Waals surface area contributed by atoms with Crippen molar-refractivity contribution in [2.75, 3.05) is 0 Å². The summed E-state index contributed by atoms with van der Waals surface area (Å²) in [6.45, 7) is 1.33. The van der Waals surface area contributed by atoms with Crippen LogP contribution in [0.2, 0.25) is 0 Å². The van der Waals surface area contributed by atoms with Crippen LogP contribution in [0.1, 0.15) is 23.9 Å². The van der Waals surface area contributed by atoms with Crippen molar-refractivity contribution in [1.82, 2.24) is 4.98 Å². The number of carbonyl (C=O) groups is 1. The fraction of sp³-hybridized carbons (Fsp3) is 0.143. The predicted octanol–water partition coefficient (Wildman–Crippen LogP) is 2.89. The first-order valence-electron chi connectivity index (χ1n) is 5.64. The molecule has 0 amide bonds. The fourth-order valence-corrected chi connectivity index (χ4v) is 1.65. The van der Waals surface area contributed by atoms with Crippen LogP contribution in [0, 0.1) is 5.82 Å². The first-order chi connectivity index (χ1) is 9.06. The number of aromatic nitrogens is 1. The average Bonchev–Trinajstić information content (AvgIpc) is 2.79. The molecule has 1 N–H and O–H groups in total. The topological polar surface area (TPSA) is 63.3 Å². The lowest BCUT2D eigenvalue weighted by Crippen LogP contribution is -1.95. The van der Waals surface area contributed by atoms with Crippen molar-refractivity contribution in [3.8, 4) is 0 Å². The van der Waals surface area contributed by atoms with Crippen molar-refractivity contribution < 1.29 is 18.7 Å². The van der Waals surface area contributed by atoms with Gasteiger partial charge in [-0.15, -0.1) is 0 Å². The van der Waals surface area contributed by atoms with Gasteiger partial charge < -0.3 is 9.52 Å². The van der Waals surface area contributed by atoms with Crippen LogP contribution in [0.25, 0.3) is 5.76 Å². The van der Waals surface area contributed by atoms with Crippen LogP contribution in [0.4, 0.5) is 4.39 Å². The minimum absolute atomic E-state index is 0.222. The van der Waals surface area contributed by atoms with E-state index in [9.17, 15) is 14.3 Å². The molecule has 19 heavy (non-hydrogen) atoms. The third-order valence-electron chi connectivity index (χ3n) is 2.50. The molecule has 0 saturated carbocycles. The fourth-order valence-electron chi connectivity index (χ4n) is 1.65. The monoisotopic (exact) mass is 261 g/mol. The molecule has 0 spiro atoms. The molecule has 0 radical (unpaired) electrons. The molecule has 1 aromatic carbocycles. The van der Waals surface area contributed by atoms with E-state index in [4.69, 9.17) is 4.42 Å². The number of allylic oxidation sites excluding steroid dienone is 1. The molecule has 0 aliphatic carbocycles. The molecule has 5 heteroatoms. The standard InChI is InChI=1S/C14H12FNO3/c1-9(17)6-12(18)14-13(19-8-16-14)7-10-2-4-11(15)5-3-10/h2-6,8,18H,7H2,1H3. The number of benzene rings is 1. The van der Waals surface area contributed by atoms with Gasteiger partial charge in [0, 0.05) is 12.5 Å². The smallest absolute Gasteiger partial charge is 0.181 e. The number of hydrogen-bond donors (Lipinski definition) is 1. The van der Waals surface area contributed by atoms with Gasteiger partial charge in [0.2, 0.25) is 0 Å². The molecule has 0 atom stereocenters. The van der Waals surface area contributed by atoms with Crippen LogP contribution in [0.3, 0.4) is 0 Å². The van der Waals surface area contributed by atoms with E-state index in [0.717, 1.165) is 11.6 Å². The van der Waals surface area contributed by atoms with Crippen LogP contribution < -0.4 is 0 Å². The molecule has 0 unspecified atom stereocenters. The number of carbonyl (C=O) groups excluding carboxylic acids is 1. The quantitative estimate of drug-likeness (QED) is 0.679. The zero-order valence-corrected chi connectivity index (χ0v) is 10.3. The molecule has 1 aromatic heterocycles. The summed E-state index contributed by atoms with van der Waals surface area (Å²) in [5.41, 5.74) is 1.04. The minimum Gasteiger partial charge on any atom is -0.505 e. The highest BCUT2D eigenvalue weighted by molar-refractivity contribution is 5.93. The van der Waals surface area contributed by atoms with Gasteiger partial charge in [0.1, 0.15) is 23.0 Å². The summed E-state index contributed by atoms with van der Waals surface area (Å²) in [6, 6.07) is 5.92. The van der Waals surface area contributed by atoms with Gasteiger partial charge in [-0.05, 0) is 24.6 Å². The van der Waals surface area contributed by atoms with Crippen molar-refractivity contribution >= 4 is 11.5 Å². The summed E-state index contributed by atoms with van der Waals surface area (Å²) >= 11 is 0. The van der Waals surface area contributed by atoms with Gasteiger partial charge in [0.15, 0.2) is 12.2 Å². The van der Waals surface area contributed by atoms with E-state index in [1.807, 2.05) is 0 Å². The molecule has 0 saturated heterocycles. The number of oxazole rings is 1. The van der Waals surface area contributed by atoms with Crippen molar-refractivity contribution in [1.29, 1.82) is 0 Å². The zero-order valence-electron chi connectivity index (χ0n) is 10.3. The van der Waals surface area contributed by atoms with Crippen molar-refractivity contribution in [2.24, 2.45) is 0 Å². The number of rotatable bonds is 4. The van der Waals surface area contributed by atoms with Gasteiger partial charge in [0.25, 0.3) is 0 Å². The van der Waals surface area contributed by atoms with Crippen LogP contribution in [-0.2, 0) is 11.2 Å². The van der Waals surface area contributed by atoms with Crippen LogP contribution in [0.15, 0.2) is 41.2 Å². The number of nitrogens with zero attached hydrogens (tertiary/aromatic N) is 1. The lowest BCUT2D eigenvalue weighted by atomic mass is 10.1. The zero-order chi connectivity index (χ0) is 13.8. The molecule has 0 bridgehead atoms. The second-order valence-corrected chi connectivity index (χ2v) is 4.07. The van der Waals surface area contributed by atoms with Crippen LogP contribution in [-0.4, -0.2) is 15.9 Å². The number of halogens is 1. The van der Waals surface area contributed by atoms with Gasteiger partial charge in [-0.2, -0.15) is 0 Å². The normalized spacial score (nSPS) is 11.6. The van der Waals surface area contributed by atoms with Gasteiger partial charge in [-0.1, -0.05) is 12.1 Å². The Labute approximate surface area is 109 Å². The first kappa shape index (κ1) is 13.0. The molecule has 98 valence electrons. The molecule has 2 aromatic rings. The maximum absolute atomic E-state index is 12.8. The molecular weight excluding hydrogens is 249 g/mol. The van der Waals surface area contributed by atoms with Gasteiger partial charge >= 0.3 is 0 Å². The maximum atomic E-state index is 12.8. The average molecular weight is 261 g/mol. The Bertz CT molecular complexity index is 614. The van der Waals surface area contributed by atoms with Gasteiger partial charge in [-0.3, -0.25) is 4.79 Å². The summed E-state index contributed by atoms with van der Waals surface area (Å²) in [5, 5.41) is 9.74. The molecule has 1 heterocycles. The first-order valence-corrected chi connectivity index (χ1v) is 5.64. The molecule has 4 nitrogen and oxygen atoms in total. The van der Waals surface area contributed by atoms with E-state index < -0.39 is 0 Å². The van der Waals surface area contributed by atoms with E-state index in [2.05, 4.69) is 4.98 Å². The van der Waals surface area contributed by atoms with Gasteiger partial charge in [-0.25, -0.2) is 9.37 Å². The summed E-state index contributed by atoms with van der Waals surface area (Å²) in [6.07, 6.45) is 2.62. The van der Waals surface area contributed by atoms with E-state index in [0.29, 0.717) is 12.2 Å². The summed E-state index contributed by atoms with van der Waals surface area (Å²) < 4.78 is 18.0. The number of aliphatic hydroxyl groups excluding tert-OH is 1. The number of ketones is 1. The maximum Gasteiger partial charge on any atom is 0.181 e. The minimum atomic E-state index is -0.319. The molecule has 0 aliphatic heterocycles. The number of hydrogen-bond acceptors (Lipinski definition) is 4. The molecule has 0 fully saturated rings. The highest BCUT2D eigenvalue weighted by Gasteiger charge is 2.13. The predicted molar refractivity (Wildman–Crippen MR) is 67.0 cm³/mol. The SMILES string of the molecule is CC(=O)C=C(O)c1ncoc1Cc1ccc(F)cc1. The third-order valence-corrected chi connectivity index (χ3v) is 2.50. The van der Waals surface area contributed by atoms with E-state index in [1.54, 1.807) is 12.1 Å². The molecule has 0 aliphatic rings. The summed E-state index contributed by atoms with van der Waals surface area (Å²) in [5.74, 6) is -0.422. The van der Waals surface area contributed by atoms with E-state index in [1.165, 1.54) is 25.5 Å². The largest absolute Gasteiger partial charge is 0.505 e. The Morgan fingerprint density at radius 1 is 1.42 bits per heavy atom. The Hall–Kier alpha value is -2.43. The second kappa shape index (κ2) is 5.48. The van der Waals surface area contributed by atoms with Crippen molar-refractivity contribution in [3.05, 3.63) is 59.6 Å². The Morgan fingerprint density at radius 2 is 2.11 bits per heavy atom. The van der Waals surface area contributed by atoms with E-state index >= 15 is 0 Å². The highest BCUT2D eigenvalue weighted by atomic mass is 19.1. The van der Waals surface area contributed by atoms with Crippen LogP contribution in [0.5, 0.6) is 0 Å². The highest BCUT2D eigenvalue weighted by Crippen LogP contribution is 2.19. The third kappa shape index (κ3) is 3.28. The van der Waals surface area contributed by atoms with Crippen molar-refractivity contribution in [3.63, 3.8) is 0 Å². The lowest BCUT2D eigenvalue weighted by Gasteiger charge is -2.01. The molecule has 2 rings (SSSR count). The summed E-state index contributed by atoms with van der Waals surface area (Å²) in [7, 11) is 0. The van der Waals surface area contributed by atoms with Crippen molar-refractivity contribution in [2.45, 2.75) is 13.3 Å². The van der Waals surface area contributed by atoms with Crippen LogP contribution >= 0.6 is 0 Å². The number of aliphatic hydroxyl groups is 1. The Balaban J connectivity index is 2.25. The lowest BCUT2D eigenvalue weighted by molar-refractivity contribution is -0.112. The summed E-state index contributed by atoms with van der Waals surface area (Å²) in [4.78, 5) is 14.8. The molecular formula is C14H12FNO3. The van der Waals surface area contributed by atoms with Gasteiger partial charge in [0.05, 0.1) is 0 Å². The Morgan fingerprint density at radius 3 is 2.74 bits per heavy atom. The second-order valence-electron chi connectivity index (χ2n) is 4.07. The Kier molecular flexibility index (Phi) is 3.75. The van der Waals surface area contributed by atoms with E-state index in [-0.39, 0.29) is 23.1 Å².